The van der Waals surface area contributed by atoms with Crippen LogP contribution in [0.4, 0.5) is 0 Å². The molecule has 0 atom stereocenters. The summed E-state index contributed by atoms with van der Waals surface area (Å²) in [6.07, 6.45) is 2.04. The highest BCUT2D eigenvalue weighted by atomic mass is 35.5. The molecule has 0 fully saturated rings. The minimum atomic E-state index is 0. The molecule has 3 N–H and O–H groups in total. The number of nitrogens with two attached hydrogens (primary N) is 1. The predicted molar refractivity (Wildman–Crippen MR) is 70.7 cm³/mol. The minimum absolute atomic E-state index is 0. The van der Waals surface area contributed by atoms with Gasteiger partial charge < -0.3 is 11.1 Å². The minimum Gasteiger partial charge on any atom is -0.355 e. The maximum atomic E-state index is 11.2. The van der Waals surface area contributed by atoms with Crippen molar-refractivity contribution >= 4 is 30.1 Å². The second-order valence-corrected chi connectivity index (χ2v) is 4.83. The lowest BCUT2D eigenvalue weighted by Gasteiger charge is -2.05. The van der Waals surface area contributed by atoms with Crippen LogP contribution < -0.4 is 11.1 Å². The third-order valence-electron chi connectivity index (χ3n) is 1.78. The number of nitrogens with one attached hydrogen (secondary N) is 1. The van der Waals surface area contributed by atoms with Gasteiger partial charge in [0.1, 0.15) is 0 Å². The molecule has 0 saturated carbocycles. The van der Waals surface area contributed by atoms with Crippen LogP contribution in [-0.4, -0.2) is 30.5 Å². The first-order valence-electron chi connectivity index (χ1n) is 5.21. The fourth-order valence-electron chi connectivity index (χ4n) is 0.865. The van der Waals surface area contributed by atoms with Gasteiger partial charge in [-0.1, -0.05) is 13.8 Å². The van der Waals surface area contributed by atoms with Crippen molar-refractivity contribution in [3.05, 3.63) is 0 Å². The van der Waals surface area contributed by atoms with E-state index < -0.39 is 0 Å². The largest absolute Gasteiger partial charge is 0.355 e. The van der Waals surface area contributed by atoms with Crippen molar-refractivity contribution in [3.63, 3.8) is 0 Å². The van der Waals surface area contributed by atoms with Crippen molar-refractivity contribution in [2.24, 2.45) is 11.7 Å². The summed E-state index contributed by atoms with van der Waals surface area (Å²) in [6, 6.07) is 0. The summed E-state index contributed by atoms with van der Waals surface area (Å²) in [4.78, 5) is 11.2. The molecule has 0 aromatic carbocycles. The fourth-order valence-corrected chi connectivity index (χ4v) is 1.93. The van der Waals surface area contributed by atoms with E-state index in [2.05, 4.69) is 19.2 Å². The molecule has 3 nitrogen and oxygen atoms in total. The van der Waals surface area contributed by atoms with E-state index in [0.717, 1.165) is 18.1 Å². The number of hydrogen-bond acceptors (Lipinski definition) is 3. The summed E-state index contributed by atoms with van der Waals surface area (Å²) in [5, 5.41) is 2.83. The quantitative estimate of drug-likeness (QED) is 0.648. The van der Waals surface area contributed by atoms with Crippen LogP contribution in [-0.2, 0) is 4.79 Å². The van der Waals surface area contributed by atoms with Crippen LogP contribution in [0.3, 0.4) is 0 Å². The topological polar surface area (TPSA) is 55.1 Å². The lowest BCUT2D eigenvalue weighted by molar-refractivity contribution is -0.118. The highest BCUT2D eigenvalue weighted by Crippen LogP contribution is 2.07. The predicted octanol–water partition coefficient (Wildman–Crippen LogP) is 1.65. The first-order chi connectivity index (χ1) is 6.66. The van der Waals surface area contributed by atoms with Gasteiger partial charge in [0.05, 0.1) is 5.75 Å². The first-order valence-corrected chi connectivity index (χ1v) is 6.36. The normalized spacial score (nSPS) is 9.87. The Morgan fingerprint density at radius 3 is 2.67 bits per heavy atom. The van der Waals surface area contributed by atoms with Crippen LogP contribution in [0.1, 0.15) is 26.7 Å². The molecule has 0 aliphatic carbocycles. The van der Waals surface area contributed by atoms with Gasteiger partial charge in [-0.3, -0.25) is 4.79 Å². The third kappa shape index (κ3) is 14.1. The summed E-state index contributed by atoms with van der Waals surface area (Å²) in [5.74, 6) is 2.51. The molecule has 0 rings (SSSR count). The van der Waals surface area contributed by atoms with Crippen molar-refractivity contribution < 1.29 is 4.79 Å². The Bertz CT molecular complexity index is 156. The molecule has 92 valence electrons. The average molecular weight is 255 g/mol. The van der Waals surface area contributed by atoms with Gasteiger partial charge in [-0.25, -0.2) is 0 Å². The van der Waals surface area contributed by atoms with Gasteiger partial charge in [-0.15, -0.1) is 12.4 Å². The molecular weight excluding hydrogens is 232 g/mol. The molecule has 0 spiro atoms. The maximum Gasteiger partial charge on any atom is 0.229 e. The summed E-state index contributed by atoms with van der Waals surface area (Å²) in [7, 11) is 0. The van der Waals surface area contributed by atoms with E-state index in [0.29, 0.717) is 18.8 Å². The number of carbonyl (C=O) groups is 1. The number of rotatable bonds is 8. The molecular formula is C10H23ClN2OS. The number of thioether (sulfide) groups is 1. The van der Waals surface area contributed by atoms with Crippen molar-refractivity contribution in [1.29, 1.82) is 0 Å². The van der Waals surface area contributed by atoms with Crippen LogP contribution in [0.15, 0.2) is 0 Å². The fraction of sp³-hybridized carbons (Fsp3) is 0.900. The maximum absolute atomic E-state index is 11.2. The lowest BCUT2D eigenvalue weighted by atomic mass is 10.2. The van der Waals surface area contributed by atoms with Crippen LogP contribution >= 0.6 is 24.2 Å². The Kier molecular flexibility index (Phi) is 14.1. The Hall–Kier alpha value is 0.0700. The van der Waals surface area contributed by atoms with Crippen molar-refractivity contribution in [3.8, 4) is 0 Å². The van der Waals surface area contributed by atoms with Crippen molar-refractivity contribution in [2.75, 3.05) is 24.6 Å². The van der Waals surface area contributed by atoms with Gasteiger partial charge in [-0.2, -0.15) is 11.8 Å². The van der Waals surface area contributed by atoms with E-state index in [-0.39, 0.29) is 18.3 Å². The van der Waals surface area contributed by atoms with Crippen LogP contribution in [0.2, 0.25) is 0 Å². The van der Waals surface area contributed by atoms with Crippen molar-refractivity contribution in [1.82, 2.24) is 5.32 Å². The van der Waals surface area contributed by atoms with Crippen LogP contribution in [0.25, 0.3) is 0 Å². The number of amides is 1. The van der Waals surface area contributed by atoms with E-state index in [9.17, 15) is 4.79 Å². The van der Waals surface area contributed by atoms with Gasteiger partial charge in [0.15, 0.2) is 0 Å². The van der Waals surface area contributed by atoms with Gasteiger partial charge in [0.25, 0.3) is 0 Å². The van der Waals surface area contributed by atoms with Gasteiger partial charge >= 0.3 is 0 Å². The van der Waals surface area contributed by atoms with Gasteiger partial charge in [-0.05, 0) is 31.1 Å². The van der Waals surface area contributed by atoms with Crippen LogP contribution in [0, 0.1) is 5.92 Å². The summed E-state index contributed by atoms with van der Waals surface area (Å²) in [5.41, 5.74) is 5.31. The van der Waals surface area contributed by atoms with Gasteiger partial charge in [0, 0.05) is 6.54 Å². The molecule has 0 radical (unpaired) electrons. The van der Waals surface area contributed by atoms with E-state index >= 15 is 0 Å². The number of halogens is 1. The molecule has 0 saturated heterocycles. The Morgan fingerprint density at radius 2 is 2.13 bits per heavy atom. The monoisotopic (exact) mass is 254 g/mol. The van der Waals surface area contributed by atoms with Crippen molar-refractivity contribution in [2.45, 2.75) is 26.7 Å². The van der Waals surface area contributed by atoms with E-state index in [1.54, 1.807) is 11.8 Å². The number of carbonyl (C=O) groups excluding carboxylic acids is 1. The second kappa shape index (κ2) is 12.1. The summed E-state index contributed by atoms with van der Waals surface area (Å²) >= 11 is 1.70. The van der Waals surface area contributed by atoms with E-state index in [1.165, 1.54) is 6.42 Å². The SMILES string of the molecule is CC(C)CCSCC(=O)NCCCN.Cl. The zero-order valence-electron chi connectivity index (χ0n) is 9.62. The zero-order valence-corrected chi connectivity index (χ0v) is 11.3. The lowest BCUT2D eigenvalue weighted by Crippen LogP contribution is -2.27. The van der Waals surface area contributed by atoms with E-state index in [1.807, 2.05) is 0 Å². The molecule has 0 unspecified atom stereocenters. The average Bonchev–Trinajstić information content (AvgIpc) is 2.13. The second-order valence-electron chi connectivity index (χ2n) is 3.73. The number of hydrogen-bond donors (Lipinski definition) is 2. The Labute approximate surface area is 103 Å². The highest BCUT2D eigenvalue weighted by molar-refractivity contribution is 7.99. The molecule has 0 bridgehead atoms. The molecule has 15 heavy (non-hydrogen) atoms. The Balaban J connectivity index is 0. The van der Waals surface area contributed by atoms with E-state index in [4.69, 9.17) is 5.73 Å². The van der Waals surface area contributed by atoms with Gasteiger partial charge in [0.2, 0.25) is 5.91 Å². The smallest absolute Gasteiger partial charge is 0.229 e. The molecule has 0 aromatic heterocycles. The molecule has 0 aromatic rings. The first kappa shape index (κ1) is 17.5. The van der Waals surface area contributed by atoms with Crippen LogP contribution in [0.5, 0.6) is 0 Å². The molecule has 0 heterocycles. The Morgan fingerprint density at radius 1 is 1.47 bits per heavy atom. The zero-order chi connectivity index (χ0) is 10.8. The third-order valence-corrected chi connectivity index (χ3v) is 2.77. The highest BCUT2D eigenvalue weighted by Gasteiger charge is 2.00. The summed E-state index contributed by atoms with van der Waals surface area (Å²) < 4.78 is 0. The molecule has 5 heteroatoms. The molecule has 1 amide bonds. The summed E-state index contributed by atoms with van der Waals surface area (Å²) in [6.45, 7) is 5.74. The standard InChI is InChI=1S/C10H22N2OS.ClH/c1-9(2)4-7-14-8-10(13)12-6-3-5-11;/h9H,3-8,11H2,1-2H3,(H,12,13);1H. The molecule has 0 aliphatic rings. The molecule has 0 aliphatic heterocycles.